The Morgan fingerprint density at radius 2 is 1.00 bits per heavy atom. The number of nitrogens with zero attached hydrogens (tertiary/aromatic N) is 2. The predicted octanol–water partition coefficient (Wildman–Crippen LogP) is 9.55. The summed E-state index contributed by atoms with van der Waals surface area (Å²) in [6.45, 7) is 0. The van der Waals surface area contributed by atoms with Crippen LogP contribution in [0.25, 0.3) is 66.1 Å². The van der Waals surface area contributed by atoms with Crippen LogP contribution in [0.3, 0.4) is 0 Å². The topological polar surface area (TPSA) is 9.86 Å². The van der Waals surface area contributed by atoms with Crippen molar-refractivity contribution >= 4 is 43.6 Å². The van der Waals surface area contributed by atoms with Crippen LogP contribution in [0.5, 0.6) is 0 Å². The Balaban J connectivity index is 1.74. The van der Waals surface area contributed by atoms with E-state index in [1.807, 2.05) is 36.4 Å². The molecule has 178 valence electrons. The van der Waals surface area contributed by atoms with Gasteiger partial charge in [-0.2, -0.15) is 0 Å². The van der Waals surface area contributed by atoms with E-state index in [2.05, 4.69) is 0 Å². The van der Waals surface area contributed by atoms with Crippen molar-refractivity contribution in [3.8, 4) is 22.5 Å². The van der Waals surface area contributed by atoms with Crippen molar-refractivity contribution in [1.82, 2.24) is 9.13 Å². The molecule has 0 radical (unpaired) electrons. The highest BCUT2D eigenvalue weighted by Gasteiger charge is 2.19. The molecule has 38 heavy (non-hydrogen) atoms. The van der Waals surface area contributed by atoms with Crippen LogP contribution in [0.15, 0.2) is 145 Å². The van der Waals surface area contributed by atoms with E-state index < -0.39 is 90.6 Å². The molecule has 8 rings (SSSR count). The van der Waals surface area contributed by atoms with Crippen molar-refractivity contribution in [3.05, 3.63) is 145 Å². The molecule has 0 fully saturated rings. The summed E-state index contributed by atoms with van der Waals surface area (Å²) < 4.78 is 135. The third kappa shape index (κ3) is 3.01. The maximum absolute atomic E-state index is 9.39. The van der Waals surface area contributed by atoms with Crippen LogP contribution in [0, 0.1) is 0 Å². The van der Waals surface area contributed by atoms with Crippen LogP contribution in [0.2, 0.25) is 0 Å². The third-order valence-electron chi connectivity index (χ3n) is 6.66. The molecule has 8 aromatic rings. The lowest BCUT2D eigenvalue weighted by molar-refractivity contribution is 1.13. The van der Waals surface area contributed by atoms with Gasteiger partial charge in [-0.05, 0) is 47.4 Å². The molecule has 0 atom stereocenters. The minimum Gasteiger partial charge on any atom is -0.307 e. The molecule has 0 saturated carbocycles. The van der Waals surface area contributed by atoms with E-state index in [-0.39, 0.29) is 49.3 Å². The van der Waals surface area contributed by atoms with Crippen LogP contribution in [0.1, 0.15) is 20.6 Å². The first kappa shape index (κ1) is 11.1. The zero-order chi connectivity index (χ0) is 38.1. The monoisotopic (exact) mass is 499 g/mol. The average molecular weight is 500 g/mol. The normalized spacial score (nSPS) is 17.2. The standard InChI is InChI=1S/C36H24N2/c1-2-12-25(13-3-1)26-14-10-15-27(24-26)37-32-20-7-6-18-30(32)31-19-11-23-35(36(31)37)38-33-21-8-4-16-28(33)29-17-5-9-22-34(29)38/h1-24H/i4D,5D,6D,7D,8D,9D,11D,16D,17D,18D,19D,20D,21D,22D,23D. The molecule has 2 heteroatoms. The molecular weight excluding hydrogens is 460 g/mol. The van der Waals surface area contributed by atoms with Crippen molar-refractivity contribution in [2.75, 3.05) is 0 Å². The number of para-hydroxylation sites is 4. The molecule has 0 N–H and O–H groups in total. The Morgan fingerprint density at radius 3 is 1.68 bits per heavy atom. The second-order valence-electron chi connectivity index (χ2n) is 8.71. The second-order valence-corrected chi connectivity index (χ2v) is 8.71. The summed E-state index contributed by atoms with van der Waals surface area (Å²) >= 11 is 0. The maximum atomic E-state index is 9.39. The SMILES string of the molecule is [2H]c1c([2H])c([2H])c2c(c1[2H])c1c([2H])c([2H])c([2H])c(-n3c4c([2H])c([2H])c([2H])c([2H])c4c4c([2H])c([2H])c([2H])c([2H])c43)c1n2-c1cccc(-c2ccccc2)c1. The highest BCUT2D eigenvalue weighted by Crippen LogP contribution is 2.39. The predicted molar refractivity (Wildman–Crippen MR) is 161 cm³/mol. The molecule has 0 bridgehead atoms. The number of hydrogen-bond donors (Lipinski definition) is 0. The fourth-order valence-corrected chi connectivity index (χ4v) is 5.07. The molecule has 0 amide bonds. The van der Waals surface area contributed by atoms with Crippen LogP contribution in [-0.4, -0.2) is 9.13 Å². The van der Waals surface area contributed by atoms with Crippen molar-refractivity contribution in [1.29, 1.82) is 0 Å². The van der Waals surface area contributed by atoms with E-state index in [4.69, 9.17) is 19.2 Å². The van der Waals surface area contributed by atoms with Crippen molar-refractivity contribution in [2.24, 2.45) is 0 Å². The molecule has 6 aromatic carbocycles. The lowest BCUT2D eigenvalue weighted by atomic mass is 10.1. The van der Waals surface area contributed by atoms with Gasteiger partial charge >= 0.3 is 0 Å². The first-order valence-corrected chi connectivity index (χ1v) is 11.8. The first-order chi connectivity index (χ1) is 25.1. The Hall–Kier alpha value is -5.08. The molecule has 0 aliphatic rings. The summed E-state index contributed by atoms with van der Waals surface area (Å²) in [4.78, 5) is 0. The first-order valence-electron chi connectivity index (χ1n) is 19.3. The van der Waals surface area contributed by atoms with Gasteiger partial charge in [0.2, 0.25) is 0 Å². The summed E-state index contributed by atoms with van der Waals surface area (Å²) in [6, 6.07) is 6.95. The molecular formula is C36H24N2. The second kappa shape index (κ2) is 8.22. The zero-order valence-electron chi connectivity index (χ0n) is 34.6. The molecule has 2 nitrogen and oxygen atoms in total. The summed E-state index contributed by atoms with van der Waals surface area (Å²) in [7, 11) is 0. The highest BCUT2D eigenvalue weighted by molar-refractivity contribution is 6.15. The summed E-state index contributed by atoms with van der Waals surface area (Å²) in [5.41, 5.74) is 0.659. The Labute approximate surface area is 241 Å². The molecule has 0 aliphatic heterocycles. The molecule has 0 aliphatic carbocycles. The fourth-order valence-electron chi connectivity index (χ4n) is 5.07. The molecule has 0 unspecified atom stereocenters. The van der Waals surface area contributed by atoms with Gasteiger partial charge in [-0.25, -0.2) is 0 Å². The smallest absolute Gasteiger partial charge is 0.0782 e. The van der Waals surface area contributed by atoms with Crippen LogP contribution >= 0.6 is 0 Å². The minimum absolute atomic E-state index is 0.0967. The molecule has 0 saturated heterocycles. The van der Waals surface area contributed by atoms with Crippen LogP contribution in [-0.2, 0) is 0 Å². The number of rotatable bonds is 3. The number of aromatic nitrogens is 2. The molecule has 2 aromatic heterocycles. The number of benzene rings is 6. The van der Waals surface area contributed by atoms with Gasteiger partial charge in [0.1, 0.15) is 0 Å². The summed E-state index contributed by atoms with van der Waals surface area (Å²) in [5.74, 6) is 0. The highest BCUT2D eigenvalue weighted by atomic mass is 15.1. The maximum Gasteiger partial charge on any atom is 0.0782 e. The van der Waals surface area contributed by atoms with Crippen molar-refractivity contribution in [2.45, 2.75) is 0 Å². The fraction of sp³-hybridized carbons (Fsp3) is 0. The van der Waals surface area contributed by atoms with Gasteiger partial charge in [-0.15, -0.1) is 0 Å². The van der Waals surface area contributed by atoms with Gasteiger partial charge < -0.3 is 9.13 Å². The van der Waals surface area contributed by atoms with Gasteiger partial charge in [0.25, 0.3) is 0 Å². The molecule has 0 spiro atoms. The summed E-state index contributed by atoms with van der Waals surface area (Å²) in [5, 5.41) is -0.819. The zero-order valence-corrected chi connectivity index (χ0v) is 19.6. The van der Waals surface area contributed by atoms with Gasteiger partial charge in [0.05, 0.1) is 48.3 Å². The molecule has 2 heterocycles. The van der Waals surface area contributed by atoms with Gasteiger partial charge in [0.15, 0.2) is 0 Å². The van der Waals surface area contributed by atoms with E-state index in [9.17, 15) is 1.37 Å². The Morgan fingerprint density at radius 1 is 0.447 bits per heavy atom. The van der Waals surface area contributed by atoms with Gasteiger partial charge in [-0.1, -0.05) is 109 Å². The quantitative estimate of drug-likeness (QED) is 0.229. The van der Waals surface area contributed by atoms with E-state index in [0.29, 0.717) is 11.3 Å². The van der Waals surface area contributed by atoms with E-state index in [1.54, 1.807) is 18.2 Å². The van der Waals surface area contributed by atoms with Crippen molar-refractivity contribution in [3.63, 3.8) is 0 Å². The van der Waals surface area contributed by atoms with E-state index in [1.165, 1.54) is 4.57 Å². The lowest BCUT2D eigenvalue weighted by Gasteiger charge is -2.15. The third-order valence-corrected chi connectivity index (χ3v) is 6.66. The van der Waals surface area contributed by atoms with Gasteiger partial charge in [-0.3, -0.25) is 0 Å². The number of hydrogen-bond acceptors (Lipinski definition) is 0. The number of fused-ring (bicyclic) bond motifs is 6. The minimum atomic E-state index is -0.691. The summed E-state index contributed by atoms with van der Waals surface area (Å²) in [6.07, 6.45) is 0. The average Bonchev–Trinajstić information content (AvgIpc) is 3.71. The lowest BCUT2D eigenvalue weighted by Crippen LogP contribution is -2.00. The van der Waals surface area contributed by atoms with Crippen molar-refractivity contribution < 1.29 is 20.6 Å². The van der Waals surface area contributed by atoms with Crippen LogP contribution < -0.4 is 0 Å². The van der Waals surface area contributed by atoms with Crippen LogP contribution in [0.4, 0.5) is 0 Å². The Kier molecular flexibility index (Phi) is 2.41. The van der Waals surface area contributed by atoms with Gasteiger partial charge in [0, 0.05) is 27.2 Å². The van der Waals surface area contributed by atoms with E-state index in [0.717, 1.165) is 10.1 Å². The van der Waals surface area contributed by atoms with E-state index >= 15 is 0 Å². The largest absolute Gasteiger partial charge is 0.307 e. The Bertz CT molecular complexity index is 2870.